The van der Waals surface area contributed by atoms with Gasteiger partial charge in [-0.15, -0.1) is 0 Å². The van der Waals surface area contributed by atoms with Gasteiger partial charge in [-0.1, -0.05) is 34.1 Å². The number of carbonyl (C=O) groups is 2. The van der Waals surface area contributed by atoms with Gasteiger partial charge in [0.1, 0.15) is 11.5 Å². The van der Waals surface area contributed by atoms with E-state index in [1.165, 1.54) is 18.4 Å². The van der Waals surface area contributed by atoms with Gasteiger partial charge in [-0.3, -0.25) is 4.79 Å². The fourth-order valence-corrected chi connectivity index (χ4v) is 2.92. The molecule has 1 aliphatic heterocycles. The molecule has 0 amide bonds. The standard InChI is InChI=1S/C20H11BrO5/c21-15-5-2-1-4-12(15)10-18-19(22)14-8-7-13(11-17(14)26-18)25-20(23)16-6-3-9-24-16/h1-11H/b18-10-. The molecule has 6 heteroatoms. The summed E-state index contributed by atoms with van der Waals surface area (Å²) in [6, 6.07) is 15.2. The first-order valence-electron chi connectivity index (χ1n) is 7.70. The first kappa shape index (κ1) is 16.4. The monoisotopic (exact) mass is 410 g/mol. The minimum absolute atomic E-state index is 0.0944. The Morgan fingerprint density at radius 1 is 1.08 bits per heavy atom. The molecular formula is C20H11BrO5. The van der Waals surface area contributed by atoms with Gasteiger partial charge in [0.15, 0.2) is 5.76 Å². The number of allylic oxidation sites excluding steroid dienone is 1. The topological polar surface area (TPSA) is 65.7 Å². The molecule has 0 aliphatic carbocycles. The molecule has 128 valence electrons. The number of Topliss-reactive ketones (excluding diaryl/α,β-unsaturated/α-hetero) is 1. The van der Waals surface area contributed by atoms with Crippen LogP contribution in [0.2, 0.25) is 0 Å². The second-order valence-corrected chi connectivity index (χ2v) is 6.34. The van der Waals surface area contributed by atoms with Crippen LogP contribution in [-0.4, -0.2) is 11.8 Å². The number of hydrogen-bond acceptors (Lipinski definition) is 5. The zero-order valence-electron chi connectivity index (χ0n) is 13.3. The number of halogens is 1. The largest absolute Gasteiger partial charge is 0.457 e. The number of furan rings is 1. The van der Waals surface area contributed by atoms with Gasteiger partial charge in [0, 0.05) is 10.5 Å². The summed E-state index contributed by atoms with van der Waals surface area (Å²) < 4.78 is 16.8. The van der Waals surface area contributed by atoms with Crippen molar-refractivity contribution in [2.75, 3.05) is 0 Å². The van der Waals surface area contributed by atoms with Gasteiger partial charge in [-0.25, -0.2) is 4.79 Å². The van der Waals surface area contributed by atoms with Crippen molar-refractivity contribution in [3.8, 4) is 11.5 Å². The van der Waals surface area contributed by atoms with Crippen LogP contribution in [0.25, 0.3) is 6.08 Å². The number of rotatable bonds is 3. The van der Waals surface area contributed by atoms with E-state index in [1.54, 1.807) is 24.3 Å². The summed E-state index contributed by atoms with van der Waals surface area (Å²) in [6.07, 6.45) is 3.06. The Labute approximate surface area is 157 Å². The van der Waals surface area contributed by atoms with Crippen LogP contribution in [0.5, 0.6) is 11.5 Å². The summed E-state index contributed by atoms with van der Waals surface area (Å²) in [5.41, 5.74) is 1.24. The van der Waals surface area contributed by atoms with Crippen molar-refractivity contribution < 1.29 is 23.5 Å². The molecule has 2 heterocycles. The molecule has 0 spiro atoms. The zero-order chi connectivity index (χ0) is 18.1. The molecule has 5 nitrogen and oxygen atoms in total. The lowest BCUT2D eigenvalue weighted by Crippen LogP contribution is -2.07. The van der Waals surface area contributed by atoms with Crippen LogP contribution in [-0.2, 0) is 0 Å². The van der Waals surface area contributed by atoms with Gasteiger partial charge in [-0.2, -0.15) is 0 Å². The van der Waals surface area contributed by atoms with Crippen molar-refractivity contribution in [2.24, 2.45) is 0 Å². The predicted octanol–water partition coefficient (Wildman–Crippen LogP) is 4.88. The summed E-state index contributed by atoms with van der Waals surface area (Å²) in [4.78, 5) is 24.4. The third-order valence-corrected chi connectivity index (χ3v) is 4.49. The molecule has 0 unspecified atom stereocenters. The highest BCUT2D eigenvalue weighted by Gasteiger charge is 2.28. The normalized spacial score (nSPS) is 14.2. The van der Waals surface area contributed by atoms with Gasteiger partial charge in [0.25, 0.3) is 0 Å². The Morgan fingerprint density at radius 2 is 1.92 bits per heavy atom. The smallest absolute Gasteiger partial charge is 0.379 e. The minimum atomic E-state index is -0.622. The lowest BCUT2D eigenvalue weighted by Gasteiger charge is -2.04. The van der Waals surface area contributed by atoms with Crippen LogP contribution in [0, 0.1) is 0 Å². The van der Waals surface area contributed by atoms with E-state index in [9.17, 15) is 9.59 Å². The van der Waals surface area contributed by atoms with E-state index in [4.69, 9.17) is 13.9 Å². The van der Waals surface area contributed by atoms with Gasteiger partial charge < -0.3 is 13.9 Å². The Hall–Kier alpha value is -3.12. The van der Waals surface area contributed by atoms with Gasteiger partial charge in [-0.05, 0) is 42.0 Å². The summed E-state index contributed by atoms with van der Waals surface area (Å²) >= 11 is 3.44. The summed E-state index contributed by atoms with van der Waals surface area (Å²) in [5, 5.41) is 0. The molecule has 0 atom stereocenters. The van der Waals surface area contributed by atoms with Gasteiger partial charge >= 0.3 is 5.97 Å². The van der Waals surface area contributed by atoms with E-state index in [2.05, 4.69) is 15.9 Å². The molecule has 0 radical (unpaired) electrons. The average Bonchev–Trinajstić information content (AvgIpc) is 3.26. The lowest BCUT2D eigenvalue weighted by molar-refractivity contribution is 0.0701. The molecule has 0 saturated carbocycles. The second-order valence-electron chi connectivity index (χ2n) is 5.49. The van der Waals surface area contributed by atoms with E-state index >= 15 is 0 Å². The number of fused-ring (bicyclic) bond motifs is 1. The molecule has 3 aromatic rings. The van der Waals surface area contributed by atoms with Crippen LogP contribution < -0.4 is 9.47 Å². The molecule has 0 saturated heterocycles. The van der Waals surface area contributed by atoms with Gasteiger partial charge in [0.05, 0.1) is 11.8 Å². The highest BCUT2D eigenvalue weighted by Crippen LogP contribution is 2.35. The highest BCUT2D eigenvalue weighted by molar-refractivity contribution is 9.10. The maximum Gasteiger partial charge on any atom is 0.379 e. The number of esters is 1. The molecule has 0 fully saturated rings. The van der Waals surface area contributed by atoms with Crippen molar-refractivity contribution in [3.05, 3.63) is 88.0 Å². The van der Waals surface area contributed by atoms with Crippen LogP contribution in [0.1, 0.15) is 26.5 Å². The first-order valence-corrected chi connectivity index (χ1v) is 8.49. The first-order chi connectivity index (χ1) is 12.6. The average molecular weight is 411 g/mol. The molecule has 4 rings (SSSR count). The van der Waals surface area contributed by atoms with Crippen LogP contribution >= 0.6 is 15.9 Å². The van der Waals surface area contributed by atoms with Crippen molar-refractivity contribution in [3.63, 3.8) is 0 Å². The number of ketones is 1. The molecule has 2 aromatic carbocycles. The van der Waals surface area contributed by atoms with Crippen molar-refractivity contribution in [2.45, 2.75) is 0 Å². The second kappa shape index (κ2) is 6.65. The van der Waals surface area contributed by atoms with E-state index < -0.39 is 5.97 Å². The minimum Gasteiger partial charge on any atom is -0.457 e. The highest BCUT2D eigenvalue weighted by atomic mass is 79.9. The number of hydrogen-bond donors (Lipinski definition) is 0. The third kappa shape index (κ3) is 3.07. The summed E-state index contributed by atoms with van der Waals surface area (Å²) in [7, 11) is 0. The Morgan fingerprint density at radius 3 is 2.69 bits per heavy atom. The third-order valence-electron chi connectivity index (χ3n) is 3.77. The quantitative estimate of drug-likeness (QED) is 0.349. The van der Waals surface area contributed by atoms with Crippen molar-refractivity contribution >= 4 is 33.8 Å². The molecule has 1 aromatic heterocycles. The van der Waals surface area contributed by atoms with Crippen LogP contribution in [0.4, 0.5) is 0 Å². The number of ether oxygens (including phenoxy) is 2. The Balaban J connectivity index is 1.59. The fraction of sp³-hybridized carbons (Fsp3) is 0. The van der Waals surface area contributed by atoms with E-state index in [0.717, 1.165) is 10.0 Å². The van der Waals surface area contributed by atoms with E-state index in [1.807, 2.05) is 24.3 Å². The van der Waals surface area contributed by atoms with Gasteiger partial charge in [0.2, 0.25) is 11.5 Å². The lowest BCUT2D eigenvalue weighted by atomic mass is 10.1. The zero-order valence-corrected chi connectivity index (χ0v) is 14.9. The Bertz CT molecular complexity index is 1030. The SMILES string of the molecule is O=C(Oc1ccc2c(c1)O/C(=C\c1ccccc1Br)C2=O)c1ccco1. The van der Waals surface area contributed by atoms with Crippen LogP contribution in [0.15, 0.2) is 75.5 Å². The maximum atomic E-state index is 12.5. The Kier molecular flexibility index (Phi) is 4.18. The van der Waals surface area contributed by atoms with Crippen molar-refractivity contribution in [1.29, 1.82) is 0 Å². The molecule has 26 heavy (non-hydrogen) atoms. The molecule has 0 N–H and O–H groups in total. The van der Waals surface area contributed by atoms with Crippen molar-refractivity contribution in [1.82, 2.24) is 0 Å². The molecule has 0 bridgehead atoms. The summed E-state index contributed by atoms with van der Waals surface area (Å²) in [6.45, 7) is 0. The van der Waals surface area contributed by atoms with E-state index in [0.29, 0.717) is 11.3 Å². The molecular weight excluding hydrogens is 400 g/mol. The number of benzene rings is 2. The predicted molar refractivity (Wildman–Crippen MR) is 97.2 cm³/mol. The fourth-order valence-electron chi connectivity index (χ4n) is 2.52. The summed E-state index contributed by atoms with van der Waals surface area (Å²) in [5.74, 6) is 0.0690. The van der Waals surface area contributed by atoms with E-state index in [-0.39, 0.29) is 23.1 Å². The molecule has 1 aliphatic rings. The van der Waals surface area contributed by atoms with Crippen LogP contribution in [0.3, 0.4) is 0 Å². The number of carbonyl (C=O) groups excluding carboxylic acids is 2. The maximum absolute atomic E-state index is 12.5.